The first-order chi connectivity index (χ1) is 13.0. The largest absolute Gasteiger partial charge is 0.355 e. The van der Waals surface area contributed by atoms with Crippen molar-refractivity contribution in [2.75, 3.05) is 5.32 Å². The van der Waals surface area contributed by atoms with Gasteiger partial charge in [0.15, 0.2) is 0 Å². The minimum absolute atomic E-state index is 0.0458. The summed E-state index contributed by atoms with van der Waals surface area (Å²) in [6.45, 7) is 0. The third-order valence-electron chi connectivity index (χ3n) is 3.52. The zero-order chi connectivity index (χ0) is 19.4. The number of nitrogens with zero attached hydrogens (tertiary/aromatic N) is 3. The van der Waals surface area contributed by atoms with Gasteiger partial charge in [-0.15, -0.1) is 11.3 Å². The summed E-state index contributed by atoms with van der Waals surface area (Å²) in [6.07, 6.45) is 1.27. The Morgan fingerprint density at radius 3 is 2.59 bits per heavy atom. The molecule has 2 aromatic carbocycles. The van der Waals surface area contributed by atoms with Crippen LogP contribution in [0.15, 0.2) is 54.0 Å². The summed E-state index contributed by atoms with van der Waals surface area (Å²) in [5.41, 5.74) is 1.01. The van der Waals surface area contributed by atoms with Gasteiger partial charge in [0.2, 0.25) is 0 Å². The van der Waals surface area contributed by atoms with Crippen molar-refractivity contribution in [2.45, 2.75) is 0 Å². The van der Waals surface area contributed by atoms with E-state index >= 15 is 0 Å². The number of benzene rings is 2. The first kappa shape index (κ1) is 18.2. The van der Waals surface area contributed by atoms with E-state index in [2.05, 4.69) is 10.3 Å². The van der Waals surface area contributed by atoms with E-state index in [4.69, 9.17) is 0 Å². The average molecular weight is 384 g/mol. The van der Waals surface area contributed by atoms with E-state index in [1.165, 1.54) is 35.7 Å². The number of nitro benzene ring substituents is 1. The zero-order valence-corrected chi connectivity index (χ0v) is 14.3. The fraction of sp³-hybridized carbons (Fsp3) is 0. The Balaban J connectivity index is 1.87. The molecule has 1 N–H and O–H groups in total. The molecular weight excluding hydrogens is 374 g/mol. The predicted octanol–water partition coefficient (Wildman–Crippen LogP) is 4.97. The van der Waals surface area contributed by atoms with Gasteiger partial charge < -0.3 is 5.32 Å². The molecule has 3 rings (SSSR count). The standard InChI is InChI=1S/C18H10F2N4O2S/c19-13-3-1-11(2-4-13)16-10-27-18(23-16)12(8-21)9-22-15-6-5-14(20)7-17(15)24(25)26/h1-7,9-10,22H/b12-9+. The quantitative estimate of drug-likeness (QED) is 0.381. The minimum Gasteiger partial charge on any atom is -0.355 e. The van der Waals surface area contributed by atoms with Gasteiger partial charge in [0.25, 0.3) is 5.69 Å². The van der Waals surface area contributed by atoms with Crippen molar-refractivity contribution in [3.8, 4) is 17.3 Å². The second-order valence-corrected chi connectivity index (χ2v) is 6.14. The summed E-state index contributed by atoms with van der Waals surface area (Å²) in [6, 6.07) is 10.8. The van der Waals surface area contributed by atoms with Crippen LogP contribution in [0.4, 0.5) is 20.2 Å². The molecule has 0 unspecified atom stereocenters. The van der Waals surface area contributed by atoms with Crippen molar-refractivity contribution in [2.24, 2.45) is 0 Å². The molecule has 0 aliphatic heterocycles. The molecule has 0 saturated carbocycles. The van der Waals surface area contributed by atoms with Crippen molar-refractivity contribution in [1.29, 1.82) is 5.26 Å². The first-order valence-corrected chi connectivity index (χ1v) is 8.38. The molecule has 0 aliphatic carbocycles. The summed E-state index contributed by atoms with van der Waals surface area (Å²) in [7, 11) is 0. The number of nitro groups is 1. The molecule has 27 heavy (non-hydrogen) atoms. The van der Waals surface area contributed by atoms with E-state index in [0.717, 1.165) is 12.1 Å². The van der Waals surface area contributed by atoms with Gasteiger partial charge in [0.1, 0.15) is 34.0 Å². The number of aromatic nitrogens is 1. The van der Waals surface area contributed by atoms with Crippen LogP contribution < -0.4 is 5.32 Å². The smallest absolute Gasteiger partial charge is 0.295 e. The van der Waals surface area contributed by atoms with Crippen LogP contribution in [0.25, 0.3) is 16.8 Å². The Kier molecular flexibility index (Phi) is 5.19. The Bertz CT molecular complexity index is 1070. The van der Waals surface area contributed by atoms with Crippen molar-refractivity contribution in [3.63, 3.8) is 0 Å². The Morgan fingerprint density at radius 2 is 1.93 bits per heavy atom. The van der Waals surface area contributed by atoms with E-state index in [0.29, 0.717) is 16.3 Å². The topological polar surface area (TPSA) is 91.8 Å². The maximum atomic E-state index is 13.2. The summed E-state index contributed by atoms with van der Waals surface area (Å²) in [5, 5.41) is 25.1. The lowest BCUT2D eigenvalue weighted by Gasteiger charge is -2.03. The van der Waals surface area contributed by atoms with E-state index < -0.39 is 16.4 Å². The summed E-state index contributed by atoms with van der Waals surface area (Å²) in [5.74, 6) is -1.10. The molecule has 9 heteroatoms. The lowest BCUT2D eigenvalue weighted by molar-refractivity contribution is -0.384. The molecular formula is C18H10F2N4O2S. The summed E-state index contributed by atoms with van der Waals surface area (Å²) in [4.78, 5) is 14.6. The molecule has 0 saturated heterocycles. The highest BCUT2D eigenvalue weighted by Crippen LogP contribution is 2.28. The van der Waals surface area contributed by atoms with E-state index in [9.17, 15) is 24.2 Å². The second-order valence-electron chi connectivity index (χ2n) is 5.28. The maximum Gasteiger partial charge on any atom is 0.295 e. The van der Waals surface area contributed by atoms with Crippen LogP contribution in [0.1, 0.15) is 5.01 Å². The number of halogens is 2. The SMILES string of the molecule is N#C/C(=C\Nc1ccc(F)cc1[N+](=O)[O-])c1nc(-c2ccc(F)cc2)cs1. The van der Waals surface area contributed by atoms with Crippen molar-refractivity contribution in [1.82, 2.24) is 4.98 Å². The van der Waals surface area contributed by atoms with Gasteiger partial charge in [0, 0.05) is 17.1 Å². The molecule has 0 amide bonds. The molecule has 3 aromatic rings. The molecule has 6 nitrogen and oxygen atoms in total. The van der Waals surface area contributed by atoms with Crippen molar-refractivity contribution < 1.29 is 13.7 Å². The van der Waals surface area contributed by atoms with Crippen LogP contribution in [0.2, 0.25) is 0 Å². The van der Waals surface area contributed by atoms with Crippen molar-refractivity contribution >= 4 is 28.3 Å². The predicted molar refractivity (Wildman–Crippen MR) is 97.8 cm³/mol. The molecule has 0 aliphatic rings. The second kappa shape index (κ2) is 7.72. The number of hydrogen-bond acceptors (Lipinski definition) is 6. The monoisotopic (exact) mass is 384 g/mol. The van der Waals surface area contributed by atoms with E-state index in [1.807, 2.05) is 6.07 Å². The highest BCUT2D eigenvalue weighted by molar-refractivity contribution is 7.11. The number of rotatable bonds is 5. The molecule has 1 heterocycles. The van der Waals surface area contributed by atoms with Crippen LogP contribution in [0.5, 0.6) is 0 Å². The number of nitrogens with one attached hydrogen (secondary N) is 1. The van der Waals surface area contributed by atoms with Gasteiger partial charge in [-0.2, -0.15) is 5.26 Å². The third-order valence-corrected chi connectivity index (χ3v) is 4.40. The number of anilines is 1. The summed E-state index contributed by atoms with van der Waals surface area (Å²) >= 11 is 1.20. The minimum atomic E-state index is -0.736. The van der Waals surface area contributed by atoms with Crippen LogP contribution in [0.3, 0.4) is 0 Å². The molecule has 0 bridgehead atoms. The van der Waals surface area contributed by atoms with Crippen LogP contribution in [-0.2, 0) is 0 Å². The molecule has 1 aromatic heterocycles. The normalized spacial score (nSPS) is 11.1. The Hall–Kier alpha value is -3.64. The van der Waals surface area contributed by atoms with Gasteiger partial charge in [-0.3, -0.25) is 10.1 Å². The molecule has 0 fully saturated rings. The average Bonchev–Trinajstić information content (AvgIpc) is 3.13. The maximum absolute atomic E-state index is 13.2. The van der Waals surface area contributed by atoms with Gasteiger partial charge in [-0.05, 0) is 36.4 Å². The summed E-state index contributed by atoms with van der Waals surface area (Å²) < 4.78 is 26.2. The van der Waals surface area contributed by atoms with Gasteiger partial charge >= 0.3 is 0 Å². The van der Waals surface area contributed by atoms with Crippen molar-refractivity contribution in [3.05, 3.63) is 80.8 Å². The van der Waals surface area contributed by atoms with Crippen LogP contribution >= 0.6 is 11.3 Å². The highest BCUT2D eigenvalue weighted by Gasteiger charge is 2.15. The van der Waals surface area contributed by atoms with Crippen LogP contribution in [0, 0.1) is 33.1 Å². The Labute approximate surface area is 156 Å². The number of hydrogen-bond donors (Lipinski definition) is 1. The zero-order valence-electron chi connectivity index (χ0n) is 13.5. The van der Waals surface area contributed by atoms with Gasteiger partial charge in [-0.1, -0.05) is 0 Å². The molecule has 0 spiro atoms. The fourth-order valence-electron chi connectivity index (χ4n) is 2.22. The number of thiazole rings is 1. The number of nitriles is 1. The molecule has 0 atom stereocenters. The number of allylic oxidation sites excluding steroid dienone is 1. The van der Waals surface area contributed by atoms with Crippen LogP contribution in [-0.4, -0.2) is 9.91 Å². The van der Waals surface area contributed by atoms with E-state index in [-0.39, 0.29) is 17.1 Å². The van der Waals surface area contributed by atoms with Gasteiger partial charge in [0.05, 0.1) is 16.7 Å². The lowest BCUT2D eigenvalue weighted by Crippen LogP contribution is -1.97. The molecule has 134 valence electrons. The highest BCUT2D eigenvalue weighted by atomic mass is 32.1. The van der Waals surface area contributed by atoms with Gasteiger partial charge in [-0.25, -0.2) is 13.8 Å². The molecule has 0 radical (unpaired) electrons. The first-order valence-electron chi connectivity index (χ1n) is 7.50. The van der Waals surface area contributed by atoms with E-state index in [1.54, 1.807) is 17.5 Å². The fourth-order valence-corrected chi connectivity index (χ4v) is 3.01. The Morgan fingerprint density at radius 1 is 1.22 bits per heavy atom. The lowest BCUT2D eigenvalue weighted by atomic mass is 10.2. The third kappa shape index (κ3) is 4.13.